The zero-order valence-corrected chi connectivity index (χ0v) is 9.11. The molecule has 1 aromatic carbocycles. The fourth-order valence-corrected chi connectivity index (χ4v) is 1.89. The van der Waals surface area contributed by atoms with Crippen LogP contribution in [0.1, 0.15) is 23.2 Å². The predicted molar refractivity (Wildman–Crippen MR) is 61.5 cm³/mol. The van der Waals surface area contributed by atoms with Crippen LogP contribution in [0.5, 0.6) is 5.75 Å². The van der Waals surface area contributed by atoms with Crippen LogP contribution in [-0.2, 0) is 0 Å². The minimum absolute atomic E-state index is 0.390. The van der Waals surface area contributed by atoms with Crippen molar-refractivity contribution in [1.29, 1.82) is 0 Å². The lowest BCUT2D eigenvalue weighted by Gasteiger charge is -2.13. The van der Waals surface area contributed by atoms with Crippen molar-refractivity contribution in [1.82, 2.24) is 5.32 Å². The Morgan fingerprint density at radius 3 is 3.00 bits per heavy atom. The molecule has 0 saturated carbocycles. The molecule has 86 valence electrons. The Bertz CT molecular complexity index is 373. The van der Waals surface area contributed by atoms with E-state index in [9.17, 15) is 4.79 Å². The highest BCUT2D eigenvalue weighted by Gasteiger charge is 2.16. The number of ether oxygens (including phenoxy) is 1. The number of rotatable bonds is 4. The summed E-state index contributed by atoms with van der Waals surface area (Å²) in [5.41, 5.74) is 5.71. The molecule has 2 rings (SSSR count). The molecule has 0 aliphatic carbocycles. The van der Waals surface area contributed by atoms with Crippen molar-refractivity contribution < 1.29 is 9.53 Å². The fourth-order valence-electron chi connectivity index (χ4n) is 1.89. The van der Waals surface area contributed by atoms with E-state index in [2.05, 4.69) is 5.32 Å². The first kappa shape index (κ1) is 11.0. The number of para-hydroxylation sites is 1. The first-order valence-electron chi connectivity index (χ1n) is 5.52. The summed E-state index contributed by atoms with van der Waals surface area (Å²) in [7, 11) is 0. The molecule has 4 nitrogen and oxygen atoms in total. The molecule has 1 saturated heterocycles. The molecule has 1 aliphatic heterocycles. The smallest absolute Gasteiger partial charge is 0.252 e. The van der Waals surface area contributed by atoms with Gasteiger partial charge in [-0.1, -0.05) is 12.1 Å². The maximum Gasteiger partial charge on any atom is 0.252 e. The average molecular weight is 220 g/mol. The van der Waals surface area contributed by atoms with E-state index in [-0.39, 0.29) is 0 Å². The normalized spacial score (nSPS) is 19.6. The van der Waals surface area contributed by atoms with E-state index in [0.717, 1.165) is 13.0 Å². The standard InChI is InChI=1S/C12H16N2O2/c13-12(15)10-5-1-2-6-11(10)16-8-9-4-3-7-14-9/h1-2,5-6,9,14H,3-4,7-8H2,(H2,13,15). The molecule has 1 heterocycles. The zero-order valence-electron chi connectivity index (χ0n) is 9.11. The Hall–Kier alpha value is -1.55. The molecule has 0 radical (unpaired) electrons. The summed E-state index contributed by atoms with van der Waals surface area (Å²) in [5.74, 6) is 0.124. The Labute approximate surface area is 94.8 Å². The summed E-state index contributed by atoms with van der Waals surface area (Å²) in [4.78, 5) is 11.1. The number of carbonyl (C=O) groups is 1. The molecular weight excluding hydrogens is 204 g/mol. The van der Waals surface area contributed by atoms with Gasteiger partial charge in [-0.25, -0.2) is 0 Å². The molecule has 0 spiro atoms. The second-order valence-corrected chi connectivity index (χ2v) is 3.96. The van der Waals surface area contributed by atoms with E-state index in [1.165, 1.54) is 6.42 Å². The number of hydrogen-bond acceptors (Lipinski definition) is 3. The quantitative estimate of drug-likeness (QED) is 0.793. The van der Waals surface area contributed by atoms with Gasteiger partial charge in [0, 0.05) is 6.04 Å². The van der Waals surface area contributed by atoms with Crippen molar-refractivity contribution in [3.8, 4) is 5.75 Å². The van der Waals surface area contributed by atoms with Crippen molar-refractivity contribution in [3.63, 3.8) is 0 Å². The van der Waals surface area contributed by atoms with Crippen molar-refractivity contribution >= 4 is 5.91 Å². The van der Waals surface area contributed by atoms with Gasteiger partial charge in [-0.15, -0.1) is 0 Å². The lowest BCUT2D eigenvalue weighted by molar-refractivity contribution is 0.0996. The number of benzene rings is 1. The molecule has 1 aliphatic rings. The fraction of sp³-hybridized carbons (Fsp3) is 0.417. The lowest BCUT2D eigenvalue weighted by Crippen LogP contribution is -2.28. The number of nitrogens with two attached hydrogens (primary N) is 1. The second kappa shape index (κ2) is 4.99. The predicted octanol–water partition coefficient (Wildman–Crippen LogP) is 0.916. The van der Waals surface area contributed by atoms with E-state index in [0.29, 0.717) is 24.0 Å². The molecule has 1 unspecified atom stereocenters. The largest absolute Gasteiger partial charge is 0.491 e. The number of primary amides is 1. The highest BCUT2D eigenvalue weighted by molar-refractivity contribution is 5.95. The van der Waals surface area contributed by atoms with Crippen molar-refractivity contribution in [2.75, 3.05) is 13.2 Å². The van der Waals surface area contributed by atoms with E-state index in [1.54, 1.807) is 18.2 Å². The molecule has 1 atom stereocenters. The van der Waals surface area contributed by atoms with Crippen LogP contribution in [0.3, 0.4) is 0 Å². The Kier molecular flexibility index (Phi) is 3.41. The number of nitrogens with one attached hydrogen (secondary N) is 1. The highest BCUT2D eigenvalue weighted by atomic mass is 16.5. The maximum absolute atomic E-state index is 11.1. The minimum Gasteiger partial charge on any atom is -0.491 e. The molecule has 1 aromatic rings. The third-order valence-corrected chi connectivity index (χ3v) is 2.75. The molecule has 1 amide bonds. The van der Waals surface area contributed by atoms with E-state index >= 15 is 0 Å². The van der Waals surface area contributed by atoms with Gasteiger partial charge in [-0.2, -0.15) is 0 Å². The van der Waals surface area contributed by atoms with Crippen molar-refractivity contribution in [3.05, 3.63) is 29.8 Å². The number of hydrogen-bond donors (Lipinski definition) is 2. The van der Waals surface area contributed by atoms with Gasteiger partial charge in [0.15, 0.2) is 0 Å². The topological polar surface area (TPSA) is 64.4 Å². The summed E-state index contributed by atoms with van der Waals surface area (Å²) in [6.45, 7) is 1.63. The minimum atomic E-state index is -0.449. The van der Waals surface area contributed by atoms with Crippen LogP contribution in [0.2, 0.25) is 0 Å². The van der Waals surface area contributed by atoms with Gasteiger partial charge in [0.2, 0.25) is 0 Å². The average Bonchev–Trinajstić information content (AvgIpc) is 2.79. The molecule has 0 bridgehead atoms. The first-order chi connectivity index (χ1) is 7.77. The lowest BCUT2D eigenvalue weighted by atomic mass is 10.2. The van der Waals surface area contributed by atoms with Gasteiger partial charge < -0.3 is 15.8 Å². The van der Waals surface area contributed by atoms with Crippen LogP contribution >= 0.6 is 0 Å². The SMILES string of the molecule is NC(=O)c1ccccc1OCC1CCCN1. The highest BCUT2D eigenvalue weighted by Crippen LogP contribution is 2.18. The first-order valence-corrected chi connectivity index (χ1v) is 5.52. The monoisotopic (exact) mass is 220 g/mol. The van der Waals surface area contributed by atoms with Crippen molar-refractivity contribution in [2.45, 2.75) is 18.9 Å². The molecule has 16 heavy (non-hydrogen) atoms. The third kappa shape index (κ3) is 2.52. The number of amides is 1. The van der Waals surface area contributed by atoms with E-state index in [1.807, 2.05) is 6.07 Å². The Morgan fingerprint density at radius 1 is 1.50 bits per heavy atom. The van der Waals surface area contributed by atoms with Gasteiger partial charge in [-0.05, 0) is 31.5 Å². The summed E-state index contributed by atoms with van der Waals surface area (Å²) < 4.78 is 5.62. The third-order valence-electron chi connectivity index (χ3n) is 2.75. The van der Waals surface area contributed by atoms with Crippen LogP contribution in [0, 0.1) is 0 Å². The maximum atomic E-state index is 11.1. The molecule has 4 heteroatoms. The Morgan fingerprint density at radius 2 is 2.31 bits per heavy atom. The zero-order chi connectivity index (χ0) is 11.4. The summed E-state index contributed by atoms with van der Waals surface area (Å²) in [6, 6.07) is 7.46. The van der Waals surface area contributed by atoms with Crippen LogP contribution in [0.15, 0.2) is 24.3 Å². The van der Waals surface area contributed by atoms with Crippen LogP contribution in [-0.4, -0.2) is 25.1 Å². The van der Waals surface area contributed by atoms with E-state index in [4.69, 9.17) is 10.5 Å². The van der Waals surface area contributed by atoms with Crippen LogP contribution in [0.25, 0.3) is 0 Å². The van der Waals surface area contributed by atoms with Crippen LogP contribution < -0.4 is 15.8 Å². The second-order valence-electron chi connectivity index (χ2n) is 3.96. The van der Waals surface area contributed by atoms with Gasteiger partial charge in [-0.3, -0.25) is 4.79 Å². The molecule has 0 aromatic heterocycles. The van der Waals surface area contributed by atoms with Gasteiger partial charge >= 0.3 is 0 Å². The number of carbonyl (C=O) groups excluding carboxylic acids is 1. The molecule has 3 N–H and O–H groups in total. The summed E-state index contributed by atoms with van der Waals surface area (Å²) >= 11 is 0. The van der Waals surface area contributed by atoms with Gasteiger partial charge in [0.25, 0.3) is 5.91 Å². The Balaban J connectivity index is 2.00. The van der Waals surface area contributed by atoms with Gasteiger partial charge in [0.05, 0.1) is 5.56 Å². The van der Waals surface area contributed by atoms with E-state index < -0.39 is 5.91 Å². The summed E-state index contributed by atoms with van der Waals surface area (Å²) in [6.07, 6.45) is 2.31. The van der Waals surface area contributed by atoms with Crippen molar-refractivity contribution in [2.24, 2.45) is 5.73 Å². The summed E-state index contributed by atoms with van der Waals surface area (Å²) in [5, 5.41) is 3.33. The molecule has 1 fully saturated rings. The van der Waals surface area contributed by atoms with Gasteiger partial charge in [0.1, 0.15) is 12.4 Å². The molecular formula is C12H16N2O2. The van der Waals surface area contributed by atoms with Crippen LogP contribution in [0.4, 0.5) is 0 Å².